The minimum atomic E-state index is -0.148. The highest BCUT2D eigenvalue weighted by molar-refractivity contribution is 5.94. The average molecular weight is 426 g/mol. The number of nitrogens with zero attached hydrogens (tertiary/aromatic N) is 3. The lowest BCUT2D eigenvalue weighted by Crippen LogP contribution is -2.25. The molecule has 160 valence electrons. The van der Waals surface area contributed by atoms with E-state index >= 15 is 0 Å². The molecule has 2 heterocycles. The predicted molar refractivity (Wildman–Crippen MR) is 122 cm³/mol. The van der Waals surface area contributed by atoms with Gasteiger partial charge in [-0.2, -0.15) is 5.26 Å². The molecule has 0 saturated carbocycles. The number of rotatable bonds is 8. The highest BCUT2D eigenvalue weighted by Gasteiger charge is 2.08. The van der Waals surface area contributed by atoms with Crippen molar-refractivity contribution in [3.8, 4) is 17.3 Å². The summed E-state index contributed by atoms with van der Waals surface area (Å²) in [7, 11) is 0. The van der Waals surface area contributed by atoms with Gasteiger partial charge in [-0.15, -0.1) is 0 Å². The lowest BCUT2D eigenvalue weighted by atomic mass is 10.1. The second kappa shape index (κ2) is 9.73. The maximum Gasteiger partial charge on any atom is 0.251 e. The molecule has 1 amide bonds. The van der Waals surface area contributed by atoms with E-state index in [1.165, 1.54) is 0 Å². The zero-order valence-corrected chi connectivity index (χ0v) is 17.3. The number of aromatic amines is 1. The Morgan fingerprint density at radius 1 is 1.12 bits per heavy atom. The molecule has 0 aliphatic carbocycles. The molecule has 8 heteroatoms. The lowest BCUT2D eigenvalue weighted by Gasteiger charge is -2.08. The van der Waals surface area contributed by atoms with E-state index in [9.17, 15) is 10.1 Å². The molecule has 4 aromatic rings. The normalized spacial score (nSPS) is 10.6. The topological polar surface area (TPSA) is 127 Å². The second-order valence-electron chi connectivity index (χ2n) is 7.19. The average Bonchev–Trinajstić information content (AvgIpc) is 3.25. The van der Waals surface area contributed by atoms with Gasteiger partial charge in [0.2, 0.25) is 5.95 Å². The maximum atomic E-state index is 12.5. The number of nitriles is 1. The fourth-order valence-corrected chi connectivity index (χ4v) is 3.40. The van der Waals surface area contributed by atoms with Crippen LogP contribution in [0.15, 0.2) is 60.9 Å². The highest BCUT2D eigenvalue weighted by Crippen LogP contribution is 2.20. The Kier molecular flexibility index (Phi) is 6.39. The monoisotopic (exact) mass is 426 g/mol. The van der Waals surface area contributed by atoms with Gasteiger partial charge in [-0.1, -0.05) is 18.2 Å². The first-order chi connectivity index (χ1) is 15.7. The molecule has 4 N–H and O–H groups in total. The van der Waals surface area contributed by atoms with Crippen molar-refractivity contribution in [2.75, 3.05) is 25.0 Å². The number of aliphatic hydroxyl groups excluding tert-OH is 1. The van der Waals surface area contributed by atoms with Crippen LogP contribution in [-0.4, -0.2) is 45.7 Å². The van der Waals surface area contributed by atoms with Gasteiger partial charge in [0.25, 0.3) is 5.91 Å². The number of anilines is 1. The molecular formula is C24H22N6O2. The van der Waals surface area contributed by atoms with E-state index in [2.05, 4.69) is 31.7 Å². The van der Waals surface area contributed by atoms with Crippen LogP contribution in [-0.2, 0) is 6.42 Å². The Morgan fingerprint density at radius 2 is 1.97 bits per heavy atom. The van der Waals surface area contributed by atoms with Crippen molar-refractivity contribution in [2.24, 2.45) is 0 Å². The zero-order chi connectivity index (χ0) is 22.3. The minimum Gasteiger partial charge on any atom is -0.395 e. The molecule has 8 nitrogen and oxygen atoms in total. The van der Waals surface area contributed by atoms with Crippen molar-refractivity contribution < 1.29 is 9.90 Å². The third kappa shape index (κ3) is 4.74. The lowest BCUT2D eigenvalue weighted by molar-refractivity contribution is 0.0954. The number of aliphatic hydroxyl groups is 1. The summed E-state index contributed by atoms with van der Waals surface area (Å²) in [6.45, 7) is 0.865. The molecule has 4 rings (SSSR count). The van der Waals surface area contributed by atoms with Gasteiger partial charge < -0.3 is 20.7 Å². The SMILES string of the molecule is N#Cc1c[nH]c2ccc(CCNC(=O)c3ccc(-c4ccnc(NCCO)n4)cc3)cc12. The van der Waals surface area contributed by atoms with E-state index in [0.717, 1.165) is 27.7 Å². The van der Waals surface area contributed by atoms with E-state index in [0.29, 0.717) is 36.6 Å². The van der Waals surface area contributed by atoms with Gasteiger partial charge >= 0.3 is 0 Å². The van der Waals surface area contributed by atoms with Gasteiger partial charge in [-0.05, 0) is 42.3 Å². The van der Waals surface area contributed by atoms with E-state index in [1.54, 1.807) is 30.6 Å². The van der Waals surface area contributed by atoms with Gasteiger partial charge in [0, 0.05) is 47.5 Å². The van der Waals surface area contributed by atoms with Gasteiger partial charge in [0.05, 0.1) is 17.9 Å². The summed E-state index contributed by atoms with van der Waals surface area (Å²) in [4.78, 5) is 24.1. The van der Waals surface area contributed by atoms with Crippen molar-refractivity contribution in [3.63, 3.8) is 0 Å². The zero-order valence-electron chi connectivity index (χ0n) is 17.3. The third-order valence-electron chi connectivity index (χ3n) is 5.06. The van der Waals surface area contributed by atoms with Crippen molar-refractivity contribution >= 4 is 22.8 Å². The van der Waals surface area contributed by atoms with Crippen LogP contribution >= 0.6 is 0 Å². The number of carbonyl (C=O) groups is 1. The van der Waals surface area contributed by atoms with Crippen LogP contribution in [0.3, 0.4) is 0 Å². The Bertz CT molecular complexity index is 1270. The first-order valence-corrected chi connectivity index (χ1v) is 10.2. The van der Waals surface area contributed by atoms with Gasteiger partial charge in [0.1, 0.15) is 6.07 Å². The Balaban J connectivity index is 1.36. The number of amides is 1. The number of H-pyrrole nitrogens is 1. The van der Waals surface area contributed by atoms with Crippen LogP contribution in [0.2, 0.25) is 0 Å². The van der Waals surface area contributed by atoms with Crippen LogP contribution in [0, 0.1) is 11.3 Å². The summed E-state index contributed by atoms with van der Waals surface area (Å²) in [6.07, 6.45) is 4.02. The number of hydrogen-bond donors (Lipinski definition) is 4. The second-order valence-corrected chi connectivity index (χ2v) is 7.19. The quantitative estimate of drug-likeness (QED) is 0.343. The summed E-state index contributed by atoms with van der Waals surface area (Å²) in [6, 6.07) is 17.1. The summed E-state index contributed by atoms with van der Waals surface area (Å²) in [5, 5.41) is 24.9. The summed E-state index contributed by atoms with van der Waals surface area (Å²) >= 11 is 0. The van der Waals surface area contributed by atoms with Gasteiger partial charge in [-0.25, -0.2) is 9.97 Å². The molecule has 0 radical (unpaired) electrons. The van der Waals surface area contributed by atoms with Gasteiger partial charge in [0.15, 0.2) is 0 Å². The molecule has 0 atom stereocenters. The van der Waals surface area contributed by atoms with Crippen molar-refractivity contribution in [1.82, 2.24) is 20.3 Å². The summed E-state index contributed by atoms with van der Waals surface area (Å²) in [5.74, 6) is 0.295. The summed E-state index contributed by atoms with van der Waals surface area (Å²) < 4.78 is 0. The standard InChI is InChI=1S/C24H22N6O2/c25-14-19-15-29-22-6-1-16(13-20(19)22)7-9-26-23(32)18-4-2-17(3-5-18)21-8-10-27-24(30-21)28-11-12-31/h1-6,8,10,13,15,29,31H,7,9,11-12H2,(H,26,32)(H,27,28,30). The minimum absolute atomic E-state index is 0.000963. The van der Waals surface area contributed by atoms with Crippen LogP contribution in [0.4, 0.5) is 5.95 Å². The Hall–Kier alpha value is -4.22. The molecule has 2 aromatic carbocycles. The molecule has 0 aliphatic rings. The highest BCUT2D eigenvalue weighted by atomic mass is 16.3. The van der Waals surface area contributed by atoms with E-state index in [4.69, 9.17) is 5.11 Å². The van der Waals surface area contributed by atoms with Gasteiger partial charge in [-0.3, -0.25) is 4.79 Å². The van der Waals surface area contributed by atoms with Crippen LogP contribution in [0.1, 0.15) is 21.5 Å². The molecule has 0 fully saturated rings. The fraction of sp³-hybridized carbons (Fsp3) is 0.167. The smallest absolute Gasteiger partial charge is 0.251 e. The first kappa shape index (κ1) is 21.0. The number of hydrogen-bond acceptors (Lipinski definition) is 6. The third-order valence-corrected chi connectivity index (χ3v) is 5.06. The van der Waals surface area contributed by atoms with Crippen LogP contribution in [0.5, 0.6) is 0 Å². The number of nitrogens with one attached hydrogen (secondary N) is 3. The summed E-state index contributed by atoms with van der Waals surface area (Å²) in [5.41, 5.74) is 4.75. The number of fused-ring (bicyclic) bond motifs is 1. The number of carbonyl (C=O) groups excluding carboxylic acids is 1. The van der Waals surface area contributed by atoms with Crippen molar-refractivity contribution in [1.29, 1.82) is 5.26 Å². The van der Waals surface area contributed by atoms with Crippen molar-refractivity contribution in [2.45, 2.75) is 6.42 Å². The molecule has 0 bridgehead atoms. The molecule has 0 spiro atoms. The number of benzene rings is 2. The van der Waals surface area contributed by atoms with E-state index in [-0.39, 0.29) is 12.5 Å². The van der Waals surface area contributed by atoms with Crippen LogP contribution in [0.25, 0.3) is 22.2 Å². The number of aromatic nitrogens is 3. The molecule has 0 unspecified atom stereocenters. The molecular weight excluding hydrogens is 404 g/mol. The maximum absolute atomic E-state index is 12.5. The predicted octanol–water partition coefficient (Wildman–Crippen LogP) is 2.87. The molecule has 0 saturated heterocycles. The van der Waals surface area contributed by atoms with E-state index in [1.807, 2.05) is 30.3 Å². The first-order valence-electron chi connectivity index (χ1n) is 10.2. The van der Waals surface area contributed by atoms with Crippen molar-refractivity contribution in [3.05, 3.63) is 77.6 Å². The Morgan fingerprint density at radius 3 is 2.75 bits per heavy atom. The fourth-order valence-electron chi connectivity index (χ4n) is 3.40. The largest absolute Gasteiger partial charge is 0.395 e. The Labute approximate surface area is 185 Å². The molecule has 32 heavy (non-hydrogen) atoms. The van der Waals surface area contributed by atoms with E-state index < -0.39 is 0 Å². The van der Waals surface area contributed by atoms with Crippen LogP contribution < -0.4 is 10.6 Å². The molecule has 2 aromatic heterocycles. The molecule has 0 aliphatic heterocycles.